The van der Waals surface area contributed by atoms with Gasteiger partial charge in [0.25, 0.3) is 0 Å². The molecule has 0 aliphatic carbocycles. The summed E-state index contributed by atoms with van der Waals surface area (Å²) < 4.78 is 30.1. The summed E-state index contributed by atoms with van der Waals surface area (Å²) in [7, 11) is -4.57. The summed E-state index contributed by atoms with van der Waals surface area (Å²) in [6.45, 7) is 0. The lowest BCUT2D eigenvalue weighted by Gasteiger charge is -2.04. The molecule has 0 spiro atoms. The Kier molecular flexibility index (Phi) is 3.51. The van der Waals surface area contributed by atoms with Crippen molar-refractivity contribution in [1.82, 2.24) is 4.98 Å². The minimum absolute atomic E-state index is 0.175. The first-order valence-electron chi connectivity index (χ1n) is 2.92. The molecule has 0 aromatic carbocycles. The van der Waals surface area contributed by atoms with Crippen molar-refractivity contribution in [2.75, 3.05) is 0 Å². The van der Waals surface area contributed by atoms with Crippen LogP contribution in [0.3, 0.4) is 0 Å². The standard InChI is InChI=1S/C5HCl4NO3S/c6-1-2(7)4(9)10-5(3(1)8)14(11,12)13/h(H,11,12,13). The quantitative estimate of drug-likeness (QED) is 0.639. The van der Waals surface area contributed by atoms with Gasteiger partial charge in [0.1, 0.15) is 5.02 Å². The van der Waals surface area contributed by atoms with Crippen LogP contribution in [-0.2, 0) is 10.1 Å². The zero-order chi connectivity index (χ0) is 11.1. The molecule has 0 radical (unpaired) electrons. The number of aromatic nitrogens is 1. The summed E-state index contributed by atoms with van der Waals surface area (Å²) in [5, 5.41) is -2.09. The Morgan fingerprint density at radius 2 is 1.50 bits per heavy atom. The average Bonchev–Trinajstić information content (AvgIpc) is 2.06. The van der Waals surface area contributed by atoms with Gasteiger partial charge in [-0.1, -0.05) is 46.4 Å². The van der Waals surface area contributed by atoms with Crippen molar-refractivity contribution in [3.63, 3.8) is 0 Å². The van der Waals surface area contributed by atoms with Crippen LogP contribution in [-0.4, -0.2) is 18.0 Å². The lowest BCUT2D eigenvalue weighted by Crippen LogP contribution is -2.03. The maximum Gasteiger partial charge on any atom is 0.313 e. The fraction of sp³-hybridized carbons (Fsp3) is 0. The summed E-state index contributed by atoms with van der Waals surface area (Å²) in [4.78, 5) is 3.28. The van der Waals surface area contributed by atoms with Crippen molar-refractivity contribution >= 4 is 56.5 Å². The molecule has 1 heterocycles. The second kappa shape index (κ2) is 4.00. The summed E-state index contributed by atoms with van der Waals surface area (Å²) >= 11 is 22.0. The van der Waals surface area contributed by atoms with Crippen molar-refractivity contribution in [2.24, 2.45) is 0 Å². The summed E-state index contributed by atoms with van der Waals surface area (Å²) in [6.07, 6.45) is 0. The van der Waals surface area contributed by atoms with Crippen molar-refractivity contribution in [2.45, 2.75) is 5.03 Å². The van der Waals surface area contributed by atoms with Crippen LogP contribution in [0, 0.1) is 0 Å². The zero-order valence-electron chi connectivity index (χ0n) is 6.13. The lowest BCUT2D eigenvalue weighted by molar-refractivity contribution is 0.479. The summed E-state index contributed by atoms with van der Waals surface area (Å²) in [6, 6.07) is 0. The van der Waals surface area contributed by atoms with Crippen molar-refractivity contribution < 1.29 is 13.0 Å². The van der Waals surface area contributed by atoms with Crippen LogP contribution < -0.4 is 0 Å². The van der Waals surface area contributed by atoms with E-state index in [0.717, 1.165) is 0 Å². The molecule has 1 N–H and O–H groups in total. The van der Waals surface area contributed by atoms with Gasteiger partial charge in [0.2, 0.25) is 5.03 Å². The molecule has 9 heteroatoms. The zero-order valence-corrected chi connectivity index (χ0v) is 9.97. The number of hydrogen-bond donors (Lipinski definition) is 1. The first-order valence-corrected chi connectivity index (χ1v) is 5.88. The molecule has 1 aromatic rings. The Morgan fingerprint density at radius 3 is 1.93 bits per heavy atom. The first kappa shape index (κ1) is 12.3. The van der Waals surface area contributed by atoms with Gasteiger partial charge in [-0.2, -0.15) is 8.42 Å². The third-order valence-electron chi connectivity index (χ3n) is 1.20. The third-order valence-corrected chi connectivity index (χ3v) is 3.77. The van der Waals surface area contributed by atoms with E-state index in [1.165, 1.54) is 0 Å². The number of halogens is 4. The minimum atomic E-state index is -4.57. The topological polar surface area (TPSA) is 67.3 Å². The fourth-order valence-corrected chi connectivity index (χ4v) is 2.30. The lowest BCUT2D eigenvalue weighted by atomic mass is 10.5. The van der Waals surface area contributed by atoms with E-state index >= 15 is 0 Å². The first-order chi connectivity index (χ1) is 6.25. The highest BCUT2D eigenvalue weighted by Gasteiger charge is 2.23. The van der Waals surface area contributed by atoms with E-state index in [4.69, 9.17) is 51.0 Å². The Labute approximate surface area is 99.5 Å². The van der Waals surface area contributed by atoms with E-state index in [-0.39, 0.29) is 15.2 Å². The van der Waals surface area contributed by atoms with Gasteiger partial charge in [-0.25, -0.2) is 4.98 Å². The number of pyridine rings is 1. The molecule has 0 saturated carbocycles. The molecule has 0 atom stereocenters. The molecule has 78 valence electrons. The van der Waals surface area contributed by atoms with Crippen LogP contribution >= 0.6 is 46.4 Å². The highest BCUT2D eigenvalue weighted by Crippen LogP contribution is 2.37. The van der Waals surface area contributed by atoms with Crippen LogP contribution in [0.4, 0.5) is 0 Å². The van der Waals surface area contributed by atoms with E-state index in [1.807, 2.05) is 0 Å². The van der Waals surface area contributed by atoms with Crippen LogP contribution in [0.5, 0.6) is 0 Å². The van der Waals surface area contributed by atoms with Gasteiger partial charge in [0, 0.05) is 0 Å². The molecule has 0 saturated heterocycles. The molecule has 0 unspecified atom stereocenters. The van der Waals surface area contributed by atoms with Gasteiger partial charge in [-0.3, -0.25) is 4.55 Å². The molecular formula is C5HCl4NO3S. The van der Waals surface area contributed by atoms with Crippen LogP contribution in [0.2, 0.25) is 20.2 Å². The number of hydrogen-bond acceptors (Lipinski definition) is 3. The van der Waals surface area contributed by atoms with E-state index in [1.54, 1.807) is 0 Å². The third kappa shape index (κ3) is 2.24. The fourth-order valence-electron chi connectivity index (χ4n) is 0.639. The summed E-state index contributed by atoms with van der Waals surface area (Å²) in [5.74, 6) is 0. The Hall–Kier alpha value is 0.220. The van der Waals surface area contributed by atoms with E-state index in [9.17, 15) is 8.42 Å². The predicted octanol–water partition coefficient (Wildman–Crippen LogP) is 2.94. The molecule has 0 fully saturated rings. The monoisotopic (exact) mass is 295 g/mol. The molecule has 0 aliphatic heterocycles. The molecule has 1 aromatic heterocycles. The van der Waals surface area contributed by atoms with Crippen molar-refractivity contribution in [3.8, 4) is 0 Å². The molecule has 0 amide bonds. The molecule has 4 nitrogen and oxygen atoms in total. The predicted molar refractivity (Wildman–Crippen MR) is 54.1 cm³/mol. The second-order valence-corrected chi connectivity index (χ2v) is 4.95. The molecule has 0 bridgehead atoms. The van der Waals surface area contributed by atoms with Crippen molar-refractivity contribution in [3.05, 3.63) is 20.2 Å². The Balaban J connectivity index is 3.66. The Bertz CT molecular complexity index is 486. The van der Waals surface area contributed by atoms with Gasteiger partial charge >= 0.3 is 10.1 Å². The molecule has 1 rings (SSSR count). The molecular weight excluding hydrogens is 296 g/mol. The smallest absolute Gasteiger partial charge is 0.281 e. The molecule has 0 aliphatic rings. The average molecular weight is 297 g/mol. The summed E-state index contributed by atoms with van der Waals surface area (Å²) in [5.41, 5.74) is 0. The highest BCUT2D eigenvalue weighted by atomic mass is 35.5. The van der Waals surface area contributed by atoms with E-state index in [0.29, 0.717) is 0 Å². The van der Waals surface area contributed by atoms with Crippen LogP contribution in [0.1, 0.15) is 0 Å². The largest absolute Gasteiger partial charge is 0.313 e. The minimum Gasteiger partial charge on any atom is -0.281 e. The number of nitrogens with zero attached hydrogens (tertiary/aromatic N) is 1. The van der Waals surface area contributed by atoms with Crippen LogP contribution in [0.25, 0.3) is 0 Å². The second-order valence-electron chi connectivity index (χ2n) is 2.12. The SMILES string of the molecule is O=S(=O)(O)c1nc(Cl)c(Cl)c(Cl)c1Cl. The van der Waals surface area contributed by atoms with Crippen molar-refractivity contribution in [1.29, 1.82) is 0 Å². The van der Waals surface area contributed by atoms with Crippen LogP contribution in [0.15, 0.2) is 5.03 Å². The van der Waals surface area contributed by atoms with E-state index in [2.05, 4.69) is 4.98 Å². The van der Waals surface area contributed by atoms with Gasteiger partial charge in [-0.05, 0) is 0 Å². The van der Waals surface area contributed by atoms with Gasteiger partial charge in [0.05, 0.1) is 10.0 Å². The normalized spacial score (nSPS) is 11.8. The maximum atomic E-state index is 10.7. The number of rotatable bonds is 1. The van der Waals surface area contributed by atoms with Gasteiger partial charge < -0.3 is 0 Å². The van der Waals surface area contributed by atoms with Gasteiger partial charge in [-0.15, -0.1) is 0 Å². The highest BCUT2D eigenvalue weighted by molar-refractivity contribution is 7.85. The van der Waals surface area contributed by atoms with Gasteiger partial charge in [0.15, 0.2) is 5.15 Å². The maximum absolute atomic E-state index is 10.7. The molecule has 14 heavy (non-hydrogen) atoms. The Morgan fingerprint density at radius 1 is 1.00 bits per heavy atom. The van der Waals surface area contributed by atoms with E-state index < -0.39 is 20.2 Å².